The smallest absolute Gasteiger partial charge is 0.277 e. The fraction of sp³-hybridized carbons (Fsp3) is 0.214. The maximum atomic E-state index is 14.1. The number of halogens is 1. The molecule has 0 unspecified atom stereocenters. The molecule has 0 spiro atoms. The number of aromatic nitrogens is 4. The lowest BCUT2D eigenvalue weighted by atomic mass is 10.1. The van der Waals surface area contributed by atoms with Crippen LogP contribution >= 0.6 is 23.1 Å². The van der Waals surface area contributed by atoms with Gasteiger partial charge in [0.05, 0.1) is 12.1 Å². The molecule has 8 nitrogen and oxygen atoms in total. The summed E-state index contributed by atoms with van der Waals surface area (Å²) in [6.45, 7) is 3.85. The Morgan fingerprint density at radius 2 is 1.80 bits per heavy atom. The maximum Gasteiger partial charge on any atom is 0.277 e. The summed E-state index contributed by atoms with van der Waals surface area (Å²) in [5.41, 5.74) is 1.78. The van der Waals surface area contributed by atoms with E-state index in [0.717, 1.165) is 0 Å². The zero-order chi connectivity index (χ0) is 18.0. The first-order chi connectivity index (χ1) is 12.0. The van der Waals surface area contributed by atoms with E-state index in [0.29, 0.717) is 27.5 Å². The largest absolute Gasteiger partial charge is 0.288 e. The third kappa shape index (κ3) is 3.78. The number of aryl methyl sites for hydroxylation is 2. The molecular weight excluding hydrogens is 367 g/mol. The topological polar surface area (TPSA) is 104 Å². The number of nitrogens with zero attached hydrogens (tertiary/aromatic N) is 5. The van der Waals surface area contributed by atoms with Gasteiger partial charge in [0, 0.05) is 23.1 Å². The van der Waals surface area contributed by atoms with Crippen molar-refractivity contribution < 1.29 is 14.4 Å². The van der Waals surface area contributed by atoms with Crippen LogP contribution in [0.25, 0.3) is 0 Å². The molecule has 25 heavy (non-hydrogen) atoms. The van der Waals surface area contributed by atoms with Gasteiger partial charge in [0.25, 0.3) is 5.91 Å². The van der Waals surface area contributed by atoms with Gasteiger partial charge in [-0.2, -0.15) is 8.75 Å². The van der Waals surface area contributed by atoms with E-state index in [2.05, 4.69) is 18.7 Å². The Morgan fingerprint density at radius 3 is 2.24 bits per heavy atom. The SMILES string of the molecule is Cc1nsc(N(Cc2ccc(C(=O)NO)c(F)c2)c2nc(C)ns2)n1. The van der Waals surface area contributed by atoms with Crippen molar-refractivity contribution >= 4 is 39.2 Å². The third-order valence-corrected chi connectivity index (χ3v) is 4.88. The quantitative estimate of drug-likeness (QED) is 0.518. The van der Waals surface area contributed by atoms with Crippen molar-refractivity contribution in [3.63, 3.8) is 0 Å². The van der Waals surface area contributed by atoms with Crippen LogP contribution in [-0.2, 0) is 6.54 Å². The summed E-state index contributed by atoms with van der Waals surface area (Å²) in [5, 5.41) is 9.86. The van der Waals surface area contributed by atoms with Gasteiger partial charge < -0.3 is 0 Å². The molecule has 0 aliphatic heterocycles. The molecule has 3 aromatic rings. The molecule has 0 saturated heterocycles. The maximum absolute atomic E-state index is 14.1. The second-order valence-electron chi connectivity index (χ2n) is 5.09. The molecule has 0 saturated carbocycles. The number of rotatable bonds is 5. The van der Waals surface area contributed by atoms with Crippen LogP contribution in [0.4, 0.5) is 14.7 Å². The number of carbonyl (C=O) groups is 1. The van der Waals surface area contributed by atoms with Gasteiger partial charge in [-0.3, -0.25) is 14.9 Å². The first-order valence-corrected chi connectivity index (χ1v) is 8.63. The van der Waals surface area contributed by atoms with Crippen molar-refractivity contribution in [2.75, 3.05) is 4.90 Å². The highest BCUT2D eigenvalue weighted by atomic mass is 32.1. The Morgan fingerprint density at radius 1 is 1.20 bits per heavy atom. The van der Waals surface area contributed by atoms with Crippen molar-refractivity contribution in [1.29, 1.82) is 0 Å². The molecule has 2 aromatic heterocycles. The predicted molar refractivity (Wildman–Crippen MR) is 90.8 cm³/mol. The monoisotopic (exact) mass is 380 g/mol. The number of nitrogens with one attached hydrogen (secondary N) is 1. The van der Waals surface area contributed by atoms with Crippen LogP contribution in [0.1, 0.15) is 27.6 Å². The average molecular weight is 380 g/mol. The lowest BCUT2D eigenvalue weighted by Gasteiger charge is -2.18. The minimum atomic E-state index is -0.902. The van der Waals surface area contributed by atoms with E-state index in [-0.39, 0.29) is 12.1 Å². The van der Waals surface area contributed by atoms with Crippen molar-refractivity contribution in [3.05, 3.63) is 46.8 Å². The normalized spacial score (nSPS) is 10.7. The zero-order valence-electron chi connectivity index (χ0n) is 13.2. The van der Waals surface area contributed by atoms with Gasteiger partial charge in [0.1, 0.15) is 17.5 Å². The molecule has 0 aliphatic carbocycles. The Balaban J connectivity index is 1.93. The van der Waals surface area contributed by atoms with E-state index in [1.54, 1.807) is 24.8 Å². The van der Waals surface area contributed by atoms with Gasteiger partial charge >= 0.3 is 0 Å². The number of anilines is 2. The van der Waals surface area contributed by atoms with Crippen LogP contribution in [0.5, 0.6) is 0 Å². The van der Waals surface area contributed by atoms with Gasteiger partial charge in [-0.25, -0.2) is 19.8 Å². The third-order valence-electron chi connectivity index (χ3n) is 3.22. The number of hydrogen-bond donors (Lipinski definition) is 2. The van der Waals surface area contributed by atoms with E-state index in [1.165, 1.54) is 40.7 Å². The summed E-state index contributed by atoms with van der Waals surface area (Å²) in [4.78, 5) is 21.9. The Kier molecular flexibility index (Phi) is 4.97. The van der Waals surface area contributed by atoms with Crippen LogP contribution in [-0.4, -0.2) is 29.8 Å². The van der Waals surface area contributed by atoms with E-state index >= 15 is 0 Å². The standard InChI is InChI=1S/C14H13FN6O2S2/c1-7-16-13(24-19-7)21(14-17-8(2)20-25-14)6-9-3-4-10(11(15)5-9)12(22)18-23/h3-5,23H,6H2,1-2H3,(H,18,22). The van der Waals surface area contributed by atoms with Crippen LogP contribution in [0, 0.1) is 19.7 Å². The average Bonchev–Trinajstić information content (AvgIpc) is 3.20. The van der Waals surface area contributed by atoms with Crippen LogP contribution in [0.3, 0.4) is 0 Å². The van der Waals surface area contributed by atoms with Gasteiger partial charge in [-0.05, 0) is 31.5 Å². The minimum absolute atomic E-state index is 0.240. The summed E-state index contributed by atoms with van der Waals surface area (Å²) < 4.78 is 22.4. The lowest BCUT2D eigenvalue weighted by molar-refractivity contribution is 0.0702. The number of carbonyl (C=O) groups excluding carboxylic acids is 1. The number of amides is 1. The second kappa shape index (κ2) is 7.17. The van der Waals surface area contributed by atoms with Gasteiger partial charge in [0.15, 0.2) is 0 Å². The first kappa shape index (κ1) is 17.3. The van der Waals surface area contributed by atoms with Crippen LogP contribution < -0.4 is 10.4 Å². The van der Waals surface area contributed by atoms with E-state index in [4.69, 9.17) is 5.21 Å². The fourth-order valence-corrected chi connectivity index (χ4v) is 3.50. The fourth-order valence-electron chi connectivity index (χ4n) is 2.09. The van der Waals surface area contributed by atoms with E-state index < -0.39 is 11.7 Å². The predicted octanol–water partition coefficient (Wildman–Crippen LogP) is 2.60. The number of benzene rings is 1. The molecule has 0 aliphatic rings. The molecule has 2 heterocycles. The van der Waals surface area contributed by atoms with E-state index in [1.807, 2.05) is 0 Å². The summed E-state index contributed by atoms with van der Waals surface area (Å²) in [5.74, 6) is -0.369. The second-order valence-corrected chi connectivity index (χ2v) is 6.55. The first-order valence-electron chi connectivity index (χ1n) is 7.09. The summed E-state index contributed by atoms with van der Waals surface area (Å²) in [6, 6.07) is 4.15. The highest BCUT2D eigenvalue weighted by Gasteiger charge is 2.19. The highest BCUT2D eigenvalue weighted by Crippen LogP contribution is 2.30. The molecule has 0 atom stereocenters. The molecule has 0 fully saturated rings. The Hall–Kier alpha value is -2.50. The molecule has 11 heteroatoms. The molecule has 0 radical (unpaired) electrons. The van der Waals surface area contributed by atoms with Crippen molar-refractivity contribution in [2.24, 2.45) is 0 Å². The molecular formula is C14H13FN6O2S2. The molecule has 130 valence electrons. The van der Waals surface area contributed by atoms with Crippen molar-refractivity contribution in [2.45, 2.75) is 20.4 Å². The number of hydroxylamine groups is 1. The molecule has 1 aromatic carbocycles. The van der Waals surface area contributed by atoms with Gasteiger partial charge in [-0.15, -0.1) is 0 Å². The summed E-state index contributed by atoms with van der Waals surface area (Å²) in [6.07, 6.45) is 0. The molecule has 2 N–H and O–H groups in total. The van der Waals surface area contributed by atoms with Crippen LogP contribution in [0.15, 0.2) is 18.2 Å². The summed E-state index contributed by atoms with van der Waals surface area (Å²) in [7, 11) is 0. The number of hydrogen-bond acceptors (Lipinski definition) is 9. The molecule has 1 amide bonds. The van der Waals surface area contributed by atoms with Gasteiger partial charge in [-0.1, -0.05) is 6.07 Å². The van der Waals surface area contributed by atoms with E-state index in [9.17, 15) is 9.18 Å². The van der Waals surface area contributed by atoms with Crippen molar-refractivity contribution in [3.8, 4) is 0 Å². The van der Waals surface area contributed by atoms with Crippen LogP contribution in [0.2, 0.25) is 0 Å². The summed E-state index contributed by atoms with van der Waals surface area (Å²) >= 11 is 2.42. The Labute approximate surface area is 150 Å². The zero-order valence-corrected chi connectivity index (χ0v) is 14.9. The van der Waals surface area contributed by atoms with Crippen molar-refractivity contribution in [1.82, 2.24) is 24.2 Å². The highest BCUT2D eigenvalue weighted by molar-refractivity contribution is 7.12. The molecule has 3 rings (SSSR count). The molecule has 0 bridgehead atoms. The minimum Gasteiger partial charge on any atom is -0.288 e. The Bertz CT molecular complexity index is 872. The lowest BCUT2D eigenvalue weighted by Crippen LogP contribution is -2.21. The van der Waals surface area contributed by atoms with Gasteiger partial charge in [0.2, 0.25) is 10.3 Å².